The van der Waals surface area contributed by atoms with Crippen molar-refractivity contribution in [3.05, 3.63) is 33.8 Å². The van der Waals surface area contributed by atoms with E-state index in [9.17, 15) is 8.78 Å². The van der Waals surface area contributed by atoms with Crippen molar-refractivity contribution < 1.29 is 13.5 Å². The summed E-state index contributed by atoms with van der Waals surface area (Å²) in [6.07, 6.45) is -0.0207. The summed E-state index contributed by atoms with van der Waals surface area (Å²) < 4.78 is 32.5. The van der Waals surface area contributed by atoms with Gasteiger partial charge in [-0.25, -0.2) is 8.78 Å². The highest BCUT2D eigenvalue weighted by atomic mass is 79.9. The molecule has 0 spiro atoms. The van der Waals surface area contributed by atoms with Crippen molar-refractivity contribution in [2.24, 2.45) is 5.73 Å². The summed E-state index contributed by atoms with van der Waals surface area (Å²) in [5.41, 5.74) is 5.54. The first-order valence-electron chi connectivity index (χ1n) is 4.93. The SMILES string of the molecule is CC(C)OCC(N)c1c(F)cc(Br)cc1F. The molecule has 0 heterocycles. The van der Waals surface area contributed by atoms with Gasteiger partial charge in [0, 0.05) is 10.0 Å². The molecule has 2 N–H and O–H groups in total. The molecule has 0 radical (unpaired) electrons. The predicted molar refractivity (Wildman–Crippen MR) is 62.1 cm³/mol. The molecular weight excluding hydrogens is 280 g/mol. The van der Waals surface area contributed by atoms with Gasteiger partial charge in [-0.15, -0.1) is 0 Å². The van der Waals surface area contributed by atoms with E-state index in [2.05, 4.69) is 15.9 Å². The standard InChI is InChI=1S/C11H14BrF2NO/c1-6(2)16-5-10(15)11-8(13)3-7(12)4-9(11)14/h3-4,6,10H,5,15H2,1-2H3. The van der Waals surface area contributed by atoms with E-state index in [1.54, 1.807) is 0 Å². The number of hydrogen-bond donors (Lipinski definition) is 1. The lowest BCUT2D eigenvalue weighted by molar-refractivity contribution is 0.0670. The molecule has 1 aromatic carbocycles. The number of nitrogens with two attached hydrogens (primary N) is 1. The highest BCUT2D eigenvalue weighted by Gasteiger charge is 2.18. The maximum Gasteiger partial charge on any atom is 0.132 e. The van der Waals surface area contributed by atoms with Crippen LogP contribution in [0.3, 0.4) is 0 Å². The topological polar surface area (TPSA) is 35.2 Å². The third-order valence-corrected chi connectivity index (χ3v) is 2.48. The first kappa shape index (κ1) is 13.5. The first-order chi connectivity index (χ1) is 7.41. The minimum absolute atomic E-state index is 0.0207. The van der Waals surface area contributed by atoms with Crippen LogP contribution in [0.4, 0.5) is 8.78 Å². The summed E-state index contributed by atoms with van der Waals surface area (Å²) in [6, 6.07) is 1.58. The molecule has 0 saturated heterocycles. The van der Waals surface area contributed by atoms with Crippen LogP contribution in [-0.2, 0) is 4.74 Å². The average molecular weight is 294 g/mol. The highest BCUT2D eigenvalue weighted by Crippen LogP contribution is 2.24. The number of halogens is 3. The Bertz CT molecular complexity index is 348. The predicted octanol–water partition coefficient (Wildman–Crippen LogP) is 3.15. The van der Waals surface area contributed by atoms with Crippen molar-refractivity contribution in [3.8, 4) is 0 Å². The fourth-order valence-corrected chi connectivity index (χ4v) is 1.69. The normalized spacial score (nSPS) is 13.2. The van der Waals surface area contributed by atoms with Gasteiger partial charge >= 0.3 is 0 Å². The molecule has 90 valence electrons. The van der Waals surface area contributed by atoms with Crippen molar-refractivity contribution in [2.45, 2.75) is 26.0 Å². The van der Waals surface area contributed by atoms with Gasteiger partial charge in [-0.1, -0.05) is 15.9 Å². The largest absolute Gasteiger partial charge is 0.377 e. The van der Waals surface area contributed by atoms with Crippen molar-refractivity contribution >= 4 is 15.9 Å². The second-order valence-electron chi connectivity index (χ2n) is 3.77. The molecule has 0 aliphatic rings. The quantitative estimate of drug-likeness (QED) is 0.926. The zero-order valence-electron chi connectivity index (χ0n) is 9.14. The Labute approximate surface area is 102 Å². The van der Waals surface area contributed by atoms with Gasteiger partial charge in [-0.3, -0.25) is 0 Å². The van der Waals surface area contributed by atoms with Gasteiger partial charge in [0.15, 0.2) is 0 Å². The number of hydrogen-bond acceptors (Lipinski definition) is 2. The van der Waals surface area contributed by atoms with Gasteiger partial charge in [0.2, 0.25) is 0 Å². The maximum absolute atomic E-state index is 13.5. The lowest BCUT2D eigenvalue weighted by atomic mass is 10.1. The van der Waals surface area contributed by atoms with E-state index in [1.165, 1.54) is 12.1 Å². The molecule has 0 bridgehead atoms. The van der Waals surface area contributed by atoms with Crippen molar-refractivity contribution in [3.63, 3.8) is 0 Å². The van der Waals surface area contributed by atoms with Gasteiger partial charge in [-0.05, 0) is 26.0 Å². The summed E-state index contributed by atoms with van der Waals surface area (Å²) in [5, 5.41) is 0. The molecule has 1 unspecified atom stereocenters. The molecule has 0 aliphatic carbocycles. The second kappa shape index (κ2) is 5.70. The highest BCUT2D eigenvalue weighted by molar-refractivity contribution is 9.10. The van der Waals surface area contributed by atoms with Gasteiger partial charge in [-0.2, -0.15) is 0 Å². The van der Waals surface area contributed by atoms with Gasteiger partial charge in [0.05, 0.1) is 18.8 Å². The molecule has 1 rings (SSSR count). The summed E-state index contributed by atoms with van der Waals surface area (Å²) in [6.45, 7) is 3.76. The van der Waals surface area contributed by atoms with Crippen LogP contribution in [0.15, 0.2) is 16.6 Å². The number of ether oxygens (including phenoxy) is 1. The van der Waals surface area contributed by atoms with E-state index in [1.807, 2.05) is 13.8 Å². The zero-order valence-corrected chi connectivity index (χ0v) is 10.7. The van der Waals surface area contributed by atoms with Gasteiger partial charge in [0.1, 0.15) is 11.6 Å². The van der Waals surface area contributed by atoms with Crippen LogP contribution in [0.2, 0.25) is 0 Å². The first-order valence-corrected chi connectivity index (χ1v) is 5.72. The lowest BCUT2D eigenvalue weighted by Crippen LogP contribution is -2.22. The maximum atomic E-state index is 13.5. The third-order valence-electron chi connectivity index (χ3n) is 2.02. The van der Waals surface area contributed by atoms with Gasteiger partial charge in [0.25, 0.3) is 0 Å². The Morgan fingerprint density at radius 1 is 1.31 bits per heavy atom. The molecule has 1 atom stereocenters. The fraction of sp³-hybridized carbons (Fsp3) is 0.455. The molecule has 0 amide bonds. The average Bonchev–Trinajstić information content (AvgIpc) is 2.12. The molecule has 0 aliphatic heterocycles. The smallest absolute Gasteiger partial charge is 0.132 e. The van der Waals surface area contributed by atoms with Crippen molar-refractivity contribution in [2.75, 3.05) is 6.61 Å². The van der Waals surface area contributed by atoms with E-state index in [-0.39, 0.29) is 18.3 Å². The van der Waals surface area contributed by atoms with Crippen LogP contribution in [0.5, 0.6) is 0 Å². The van der Waals surface area contributed by atoms with Crippen LogP contribution >= 0.6 is 15.9 Å². The molecule has 2 nitrogen and oxygen atoms in total. The van der Waals surface area contributed by atoms with Crippen molar-refractivity contribution in [1.82, 2.24) is 0 Å². The van der Waals surface area contributed by atoms with Crippen LogP contribution in [0.1, 0.15) is 25.5 Å². The lowest BCUT2D eigenvalue weighted by Gasteiger charge is -2.16. The summed E-state index contributed by atoms with van der Waals surface area (Å²) >= 11 is 3.01. The molecular formula is C11H14BrF2NO. The van der Waals surface area contributed by atoms with E-state index in [0.29, 0.717) is 4.47 Å². The fourth-order valence-electron chi connectivity index (χ4n) is 1.29. The van der Waals surface area contributed by atoms with E-state index < -0.39 is 17.7 Å². The van der Waals surface area contributed by atoms with E-state index in [0.717, 1.165) is 0 Å². The minimum atomic E-state index is -0.796. The summed E-state index contributed by atoms with van der Waals surface area (Å²) in [5.74, 6) is -1.32. The van der Waals surface area contributed by atoms with Crippen LogP contribution in [-0.4, -0.2) is 12.7 Å². The number of rotatable bonds is 4. The van der Waals surface area contributed by atoms with Crippen molar-refractivity contribution in [1.29, 1.82) is 0 Å². The molecule has 0 saturated carbocycles. The Morgan fingerprint density at radius 2 is 1.81 bits per heavy atom. The Hall–Kier alpha value is -0.520. The number of benzene rings is 1. The molecule has 0 aromatic heterocycles. The van der Waals surface area contributed by atoms with Crippen LogP contribution in [0, 0.1) is 11.6 Å². The monoisotopic (exact) mass is 293 g/mol. The second-order valence-corrected chi connectivity index (χ2v) is 4.69. The molecule has 1 aromatic rings. The zero-order chi connectivity index (χ0) is 12.3. The molecule has 16 heavy (non-hydrogen) atoms. The van der Waals surface area contributed by atoms with E-state index in [4.69, 9.17) is 10.5 Å². The summed E-state index contributed by atoms with van der Waals surface area (Å²) in [7, 11) is 0. The Morgan fingerprint density at radius 3 is 2.25 bits per heavy atom. The molecule has 0 fully saturated rings. The van der Waals surface area contributed by atoms with Gasteiger partial charge < -0.3 is 10.5 Å². The van der Waals surface area contributed by atoms with Crippen LogP contribution in [0.25, 0.3) is 0 Å². The Kier molecular flexibility index (Phi) is 4.83. The minimum Gasteiger partial charge on any atom is -0.377 e. The van der Waals surface area contributed by atoms with Crippen LogP contribution < -0.4 is 5.73 Å². The molecule has 5 heteroatoms. The Balaban J connectivity index is 2.86. The third kappa shape index (κ3) is 3.50. The van der Waals surface area contributed by atoms with E-state index >= 15 is 0 Å². The summed E-state index contributed by atoms with van der Waals surface area (Å²) in [4.78, 5) is 0.